The third-order valence-electron chi connectivity index (χ3n) is 1.62. The number of hydrogen-bond acceptors (Lipinski definition) is 6. The second-order valence-electron chi connectivity index (χ2n) is 2.69. The third kappa shape index (κ3) is 2.95. The van der Waals surface area contributed by atoms with Crippen LogP contribution < -0.4 is 5.32 Å². The Morgan fingerprint density at radius 2 is 2.62 bits per heavy atom. The summed E-state index contributed by atoms with van der Waals surface area (Å²) in [5.74, 6) is 0.676. The highest BCUT2D eigenvalue weighted by Gasteiger charge is 2.21. The van der Waals surface area contributed by atoms with Gasteiger partial charge >= 0.3 is 0 Å². The quantitative estimate of drug-likeness (QED) is 0.761. The van der Waals surface area contributed by atoms with Crippen LogP contribution in [-0.4, -0.2) is 27.7 Å². The summed E-state index contributed by atoms with van der Waals surface area (Å²) in [5.41, 5.74) is -0.490. The highest BCUT2D eigenvalue weighted by molar-refractivity contribution is 8.01. The maximum absolute atomic E-state index is 8.86. The first kappa shape index (κ1) is 10.4. The average Bonchev–Trinajstić information content (AvgIpc) is 2.67. The van der Waals surface area contributed by atoms with Gasteiger partial charge in [-0.05, 0) is 25.5 Å². The molecule has 0 fully saturated rings. The second kappa shape index (κ2) is 4.56. The van der Waals surface area contributed by atoms with Crippen molar-refractivity contribution >= 4 is 23.3 Å². The number of thioether (sulfide) groups is 1. The van der Waals surface area contributed by atoms with E-state index in [4.69, 9.17) is 5.26 Å². The molecule has 0 amide bonds. The standard InChI is InChI=1S/C7H10N4S2/c1-7(3-8,9-2)4-12-6-10-5-11-13-6/h5,9H,4H2,1-2H3. The van der Waals surface area contributed by atoms with E-state index in [-0.39, 0.29) is 0 Å². The molecule has 1 heterocycles. The summed E-state index contributed by atoms with van der Waals surface area (Å²) in [4.78, 5) is 4.02. The summed E-state index contributed by atoms with van der Waals surface area (Å²) in [6, 6.07) is 2.22. The van der Waals surface area contributed by atoms with Gasteiger partial charge in [-0.1, -0.05) is 11.8 Å². The van der Waals surface area contributed by atoms with Crippen molar-refractivity contribution in [3.05, 3.63) is 6.33 Å². The Morgan fingerprint density at radius 1 is 1.85 bits per heavy atom. The molecule has 0 saturated carbocycles. The average molecular weight is 214 g/mol. The highest BCUT2D eigenvalue weighted by Crippen LogP contribution is 2.22. The van der Waals surface area contributed by atoms with E-state index in [9.17, 15) is 0 Å². The van der Waals surface area contributed by atoms with Crippen LogP contribution in [0.25, 0.3) is 0 Å². The predicted molar refractivity (Wildman–Crippen MR) is 53.7 cm³/mol. The molecule has 0 aliphatic heterocycles. The summed E-state index contributed by atoms with van der Waals surface area (Å²) in [6.07, 6.45) is 1.52. The van der Waals surface area contributed by atoms with Crippen LogP contribution in [0.1, 0.15) is 6.92 Å². The number of hydrogen-bond donors (Lipinski definition) is 1. The molecule has 1 rings (SSSR count). The minimum Gasteiger partial charge on any atom is -0.302 e. The molecule has 0 saturated heterocycles. The first-order valence-corrected chi connectivity index (χ1v) is 5.46. The van der Waals surface area contributed by atoms with Gasteiger partial charge in [0.05, 0.1) is 6.07 Å². The minimum atomic E-state index is -0.490. The molecule has 1 unspecified atom stereocenters. The van der Waals surface area contributed by atoms with Gasteiger partial charge < -0.3 is 5.32 Å². The van der Waals surface area contributed by atoms with Gasteiger partial charge in [0.15, 0.2) is 4.34 Å². The van der Waals surface area contributed by atoms with Crippen molar-refractivity contribution in [1.29, 1.82) is 5.26 Å². The van der Waals surface area contributed by atoms with E-state index >= 15 is 0 Å². The van der Waals surface area contributed by atoms with E-state index < -0.39 is 5.54 Å². The highest BCUT2D eigenvalue weighted by atomic mass is 32.2. The lowest BCUT2D eigenvalue weighted by atomic mass is 10.1. The van der Waals surface area contributed by atoms with E-state index in [1.807, 2.05) is 6.92 Å². The summed E-state index contributed by atoms with van der Waals surface area (Å²) in [5, 5.41) is 11.8. The van der Waals surface area contributed by atoms with Crippen molar-refractivity contribution in [1.82, 2.24) is 14.7 Å². The molecule has 13 heavy (non-hydrogen) atoms. The lowest BCUT2D eigenvalue weighted by Gasteiger charge is -2.18. The largest absolute Gasteiger partial charge is 0.302 e. The van der Waals surface area contributed by atoms with Gasteiger partial charge in [0.1, 0.15) is 11.9 Å². The molecule has 0 aliphatic carbocycles. The van der Waals surface area contributed by atoms with Crippen molar-refractivity contribution < 1.29 is 0 Å². The molecule has 0 bridgehead atoms. The number of aromatic nitrogens is 2. The van der Waals surface area contributed by atoms with Crippen LogP contribution in [0.2, 0.25) is 0 Å². The third-order valence-corrected chi connectivity index (χ3v) is 3.74. The lowest BCUT2D eigenvalue weighted by molar-refractivity contribution is 0.550. The van der Waals surface area contributed by atoms with Crippen molar-refractivity contribution in [3.8, 4) is 6.07 Å². The van der Waals surface area contributed by atoms with Crippen LogP contribution >= 0.6 is 23.3 Å². The van der Waals surface area contributed by atoms with Gasteiger partial charge in [-0.25, -0.2) is 4.98 Å². The molecule has 0 spiro atoms. The first-order valence-electron chi connectivity index (χ1n) is 3.70. The van der Waals surface area contributed by atoms with Gasteiger partial charge in [0.25, 0.3) is 0 Å². The van der Waals surface area contributed by atoms with E-state index in [1.165, 1.54) is 17.9 Å². The predicted octanol–water partition coefficient (Wildman–Crippen LogP) is 1.13. The van der Waals surface area contributed by atoms with Crippen LogP contribution in [-0.2, 0) is 0 Å². The van der Waals surface area contributed by atoms with E-state index in [0.717, 1.165) is 4.34 Å². The fourth-order valence-electron chi connectivity index (χ4n) is 0.593. The molecule has 4 nitrogen and oxygen atoms in total. The topological polar surface area (TPSA) is 61.6 Å². The summed E-state index contributed by atoms with van der Waals surface area (Å²) in [6.45, 7) is 1.86. The first-order chi connectivity index (χ1) is 6.20. The molecule has 6 heteroatoms. The fourth-order valence-corrected chi connectivity index (χ4v) is 2.13. The number of nitrogens with one attached hydrogen (secondary N) is 1. The summed E-state index contributed by atoms with van der Waals surface area (Å²) in [7, 11) is 1.78. The molecule has 70 valence electrons. The zero-order valence-corrected chi connectivity index (χ0v) is 9.08. The van der Waals surface area contributed by atoms with Crippen molar-refractivity contribution in [2.24, 2.45) is 0 Å². The second-order valence-corrected chi connectivity index (χ2v) is 4.69. The molecule has 0 aromatic carbocycles. The van der Waals surface area contributed by atoms with E-state index in [1.54, 1.807) is 18.8 Å². The molecule has 1 atom stereocenters. The smallest absolute Gasteiger partial charge is 0.169 e. The molecular weight excluding hydrogens is 204 g/mol. The van der Waals surface area contributed by atoms with Crippen LogP contribution in [0.3, 0.4) is 0 Å². The lowest BCUT2D eigenvalue weighted by Crippen LogP contribution is -2.40. The molecular formula is C7H10N4S2. The molecule has 1 N–H and O–H groups in total. The van der Waals surface area contributed by atoms with Crippen LogP contribution in [0, 0.1) is 11.3 Å². The maximum atomic E-state index is 8.86. The van der Waals surface area contributed by atoms with Crippen molar-refractivity contribution in [2.45, 2.75) is 16.8 Å². The Morgan fingerprint density at radius 3 is 3.08 bits per heavy atom. The Labute approximate surface area is 85.5 Å². The SMILES string of the molecule is CNC(C)(C#N)CSc1ncns1. The van der Waals surface area contributed by atoms with E-state index in [2.05, 4.69) is 20.7 Å². The molecule has 0 aliphatic rings. The summed E-state index contributed by atoms with van der Waals surface area (Å²) >= 11 is 2.89. The Hall–Kier alpha value is -0.640. The zero-order chi connectivity index (χ0) is 9.73. The Bertz CT molecular complexity index is 292. The van der Waals surface area contributed by atoms with Gasteiger partial charge in [0.2, 0.25) is 0 Å². The van der Waals surface area contributed by atoms with Crippen molar-refractivity contribution in [3.63, 3.8) is 0 Å². The fraction of sp³-hybridized carbons (Fsp3) is 0.571. The summed E-state index contributed by atoms with van der Waals surface area (Å²) < 4.78 is 4.78. The van der Waals surface area contributed by atoms with Crippen LogP contribution in [0.4, 0.5) is 0 Å². The van der Waals surface area contributed by atoms with Crippen LogP contribution in [0.15, 0.2) is 10.7 Å². The normalized spacial score (nSPS) is 14.8. The van der Waals surface area contributed by atoms with Gasteiger partial charge in [-0.15, -0.1) is 0 Å². The monoisotopic (exact) mass is 214 g/mol. The molecule has 1 aromatic rings. The Balaban J connectivity index is 2.47. The van der Waals surface area contributed by atoms with Gasteiger partial charge in [-0.3, -0.25) is 0 Å². The number of rotatable bonds is 4. The molecule has 1 aromatic heterocycles. The molecule has 0 radical (unpaired) electrons. The van der Waals surface area contributed by atoms with Crippen molar-refractivity contribution in [2.75, 3.05) is 12.8 Å². The maximum Gasteiger partial charge on any atom is 0.169 e. The van der Waals surface area contributed by atoms with Crippen LogP contribution in [0.5, 0.6) is 0 Å². The van der Waals surface area contributed by atoms with Gasteiger partial charge in [0, 0.05) is 5.75 Å². The van der Waals surface area contributed by atoms with Gasteiger partial charge in [-0.2, -0.15) is 9.64 Å². The number of nitrogens with zero attached hydrogens (tertiary/aromatic N) is 3. The Kier molecular flexibility index (Phi) is 3.66. The van der Waals surface area contributed by atoms with E-state index in [0.29, 0.717) is 5.75 Å². The number of nitriles is 1. The zero-order valence-electron chi connectivity index (χ0n) is 7.44. The minimum absolute atomic E-state index is 0.490.